The molecule has 0 aliphatic carbocycles. The highest BCUT2D eigenvalue weighted by Crippen LogP contribution is 2.37. The molecule has 0 saturated carbocycles. The fraction of sp³-hybridized carbons (Fsp3) is 0.381. The maximum absolute atomic E-state index is 10.4. The molecule has 0 amide bonds. The van der Waals surface area contributed by atoms with Crippen LogP contribution in [0.5, 0.6) is 5.75 Å². The molecule has 0 spiro atoms. The SMILES string of the molecule is C[C@@]12CCC[C@@H](C/C(=C\c3cnc(-c4cnc(-n5ccnc5)cc4O)nn3)C1)N2. The Bertz CT molecular complexity index is 1050. The summed E-state index contributed by atoms with van der Waals surface area (Å²) in [6.07, 6.45) is 16.2. The van der Waals surface area contributed by atoms with Gasteiger partial charge in [0.25, 0.3) is 0 Å². The van der Waals surface area contributed by atoms with Crippen molar-refractivity contribution >= 4 is 6.08 Å². The van der Waals surface area contributed by atoms with E-state index in [1.807, 2.05) is 0 Å². The maximum Gasteiger partial charge on any atom is 0.187 e. The molecule has 5 rings (SSSR count). The fourth-order valence-electron chi connectivity index (χ4n) is 4.49. The van der Waals surface area contributed by atoms with Gasteiger partial charge in [-0.3, -0.25) is 4.57 Å². The summed E-state index contributed by atoms with van der Waals surface area (Å²) in [5, 5.41) is 22.7. The van der Waals surface area contributed by atoms with Crippen molar-refractivity contribution in [3.63, 3.8) is 0 Å². The first-order chi connectivity index (χ1) is 14.1. The highest BCUT2D eigenvalue weighted by Gasteiger charge is 2.36. The highest BCUT2D eigenvalue weighted by molar-refractivity contribution is 5.63. The first-order valence-electron chi connectivity index (χ1n) is 9.93. The monoisotopic (exact) mass is 389 g/mol. The zero-order valence-electron chi connectivity index (χ0n) is 16.3. The maximum atomic E-state index is 10.4. The van der Waals surface area contributed by atoms with Crippen LogP contribution < -0.4 is 5.32 Å². The van der Waals surface area contributed by atoms with E-state index in [0.717, 1.165) is 18.5 Å². The minimum Gasteiger partial charge on any atom is -0.507 e. The molecule has 0 radical (unpaired) electrons. The number of fused-ring (bicyclic) bond motifs is 2. The Labute approximate surface area is 168 Å². The van der Waals surface area contributed by atoms with Gasteiger partial charge in [-0.25, -0.2) is 15.0 Å². The molecule has 8 nitrogen and oxygen atoms in total. The van der Waals surface area contributed by atoms with Crippen LogP contribution in [-0.4, -0.2) is 46.4 Å². The number of aromatic nitrogens is 6. The summed E-state index contributed by atoms with van der Waals surface area (Å²) >= 11 is 0. The predicted molar refractivity (Wildman–Crippen MR) is 108 cm³/mol. The summed E-state index contributed by atoms with van der Waals surface area (Å²) in [5.41, 5.74) is 2.79. The summed E-state index contributed by atoms with van der Waals surface area (Å²) in [7, 11) is 0. The summed E-state index contributed by atoms with van der Waals surface area (Å²) in [4.78, 5) is 12.7. The molecule has 2 aliphatic heterocycles. The number of pyridine rings is 1. The highest BCUT2D eigenvalue weighted by atomic mass is 16.3. The van der Waals surface area contributed by atoms with Gasteiger partial charge in [-0.2, -0.15) is 0 Å². The number of piperidine rings is 2. The first-order valence-corrected chi connectivity index (χ1v) is 9.93. The lowest BCUT2D eigenvalue weighted by Crippen LogP contribution is -2.55. The van der Waals surface area contributed by atoms with Gasteiger partial charge in [0.1, 0.15) is 23.6 Å². The predicted octanol–water partition coefficient (Wildman–Crippen LogP) is 2.90. The minimum atomic E-state index is 0.0516. The Hall–Kier alpha value is -3.13. The lowest BCUT2D eigenvalue weighted by atomic mass is 9.75. The van der Waals surface area contributed by atoms with Gasteiger partial charge in [0.05, 0.1) is 11.8 Å². The molecule has 2 aliphatic rings. The lowest BCUT2D eigenvalue weighted by molar-refractivity contribution is 0.192. The van der Waals surface area contributed by atoms with Crippen molar-refractivity contribution in [1.29, 1.82) is 0 Å². The molecule has 2 saturated heterocycles. The van der Waals surface area contributed by atoms with Gasteiger partial charge < -0.3 is 10.4 Å². The number of hydrogen-bond donors (Lipinski definition) is 2. The normalized spacial score (nSPS) is 25.3. The molecule has 29 heavy (non-hydrogen) atoms. The topological polar surface area (TPSA) is 102 Å². The van der Waals surface area contributed by atoms with Crippen LogP contribution in [0.15, 0.2) is 42.8 Å². The summed E-state index contributed by atoms with van der Waals surface area (Å²) < 4.78 is 1.72. The molecule has 148 valence electrons. The van der Waals surface area contributed by atoms with Gasteiger partial charge in [-0.1, -0.05) is 12.0 Å². The van der Waals surface area contributed by atoms with Gasteiger partial charge in [0.2, 0.25) is 0 Å². The van der Waals surface area contributed by atoms with E-state index < -0.39 is 0 Å². The largest absolute Gasteiger partial charge is 0.507 e. The Morgan fingerprint density at radius 1 is 1.28 bits per heavy atom. The van der Waals surface area contributed by atoms with E-state index in [0.29, 0.717) is 23.2 Å². The van der Waals surface area contributed by atoms with Crippen LogP contribution in [0.1, 0.15) is 44.7 Å². The van der Waals surface area contributed by atoms with E-state index in [1.165, 1.54) is 24.8 Å². The van der Waals surface area contributed by atoms with Crippen molar-refractivity contribution in [1.82, 2.24) is 35.0 Å². The van der Waals surface area contributed by atoms with E-state index in [4.69, 9.17) is 0 Å². The van der Waals surface area contributed by atoms with Gasteiger partial charge in [0, 0.05) is 36.2 Å². The van der Waals surface area contributed by atoms with Gasteiger partial charge in [-0.05, 0) is 38.7 Å². The zero-order chi connectivity index (χ0) is 19.8. The van der Waals surface area contributed by atoms with E-state index in [9.17, 15) is 5.11 Å². The standard InChI is InChI=1S/C21H23N7O/c1-21-4-2-3-15(25-21)7-14(10-21)8-16-11-24-20(27-26-16)17-12-23-19(9-18(17)29)28-6-5-22-13-28/h5-6,8-9,11-13,15,25H,2-4,7,10H2,1H3,(H,23,29)/b14-8+/t15-,21+/m0/s1. The molecule has 2 fully saturated rings. The molecule has 2 N–H and O–H groups in total. The van der Waals surface area contributed by atoms with Gasteiger partial charge in [-0.15, -0.1) is 10.2 Å². The van der Waals surface area contributed by atoms with Crippen molar-refractivity contribution in [3.05, 3.63) is 48.4 Å². The second-order valence-corrected chi connectivity index (χ2v) is 8.21. The van der Waals surface area contributed by atoms with E-state index in [1.54, 1.807) is 41.7 Å². The van der Waals surface area contributed by atoms with Crippen molar-refractivity contribution in [3.8, 4) is 23.0 Å². The number of aromatic hydroxyl groups is 1. The third-order valence-electron chi connectivity index (χ3n) is 5.77. The van der Waals surface area contributed by atoms with Crippen molar-refractivity contribution < 1.29 is 5.11 Å². The van der Waals surface area contributed by atoms with Crippen LogP contribution in [0.25, 0.3) is 23.3 Å². The van der Waals surface area contributed by atoms with E-state index in [2.05, 4.69) is 43.5 Å². The molecule has 3 aromatic heterocycles. The Morgan fingerprint density at radius 3 is 2.93 bits per heavy atom. The molecule has 0 unspecified atom stereocenters. The third-order valence-corrected chi connectivity index (χ3v) is 5.77. The summed E-state index contributed by atoms with van der Waals surface area (Å²) in [6.45, 7) is 2.31. The lowest BCUT2D eigenvalue weighted by Gasteiger charge is -2.45. The van der Waals surface area contributed by atoms with Crippen molar-refractivity contribution in [2.45, 2.75) is 50.6 Å². The summed E-state index contributed by atoms with van der Waals surface area (Å²) in [5.74, 6) is 0.974. The van der Waals surface area contributed by atoms with Crippen LogP contribution in [0.3, 0.4) is 0 Å². The molecule has 3 aromatic rings. The second-order valence-electron chi connectivity index (χ2n) is 8.21. The zero-order valence-corrected chi connectivity index (χ0v) is 16.3. The number of nitrogens with zero attached hydrogens (tertiary/aromatic N) is 6. The van der Waals surface area contributed by atoms with Crippen molar-refractivity contribution in [2.24, 2.45) is 0 Å². The van der Waals surface area contributed by atoms with Crippen LogP contribution in [0, 0.1) is 0 Å². The van der Waals surface area contributed by atoms with Crippen LogP contribution in [0.4, 0.5) is 0 Å². The van der Waals surface area contributed by atoms with Crippen LogP contribution >= 0.6 is 0 Å². The third kappa shape index (κ3) is 3.63. The smallest absolute Gasteiger partial charge is 0.187 e. The van der Waals surface area contributed by atoms with E-state index >= 15 is 0 Å². The molecule has 0 aromatic carbocycles. The molecule has 2 atom stereocenters. The number of imidazole rings is 1. The number of hydrogen-bond acceptors (Lipinski definition) is 7. The molecule has 2 bridgehead atoms. The van der Waals surface area contributed by atoms with Crippen molar-refractivity contribution in [2.75, 3.05) is 0 Å². The Kier molecular flexibility index (Phi) is 4.35. The molecular formula is C21H23N7O. The average molecular weight is 389 g/mol. The van der Waals surface area contributed by atoms with Gasteiger partial charge in [0.15, 0.2) is 5.82 Å². The average Bonchev–Trinajstić information content (AvgIpc) is 3.23. The number of rotatable bonds is 3. The van der Waals surface area contributed by atoms with Crippen LogP contribution in [0.2, 0.25) is 0 Å². The number of nitrogens with one attached hydrogen (secondary N) is 1. The van der Waals surface area contributed by atoms with Crippen LogP contribution in [-0.2, 0) is 0 Å². The molecular weight excluding hydrogens is 366 g/mol. The Morgan fingerprint density at radius 2 is 2.21 bits per heavy atom. The Balaban J connectivity index is 1.37. The fourth-order valence-corrected chi connectivity index (χ4v) is 4.49. The quantitative estimate of drug-likeness (QED) is 0.710. The molecule has 5 heterocycles. The second kappa shape index (κ2) is 7.04. The minimum absolute atomic E-state index is 0.0516. The van der Waals surface area contributed by atoms with E-state index in [-0.39, 0.29) is 11.3 Å². The van der Waals surface area contributed by atoms with Gasteiger partial charge >= 0.3 is 0 Å². The first kappa shape index (κ1) is 17.9. The molecule has 8 heteroatoms. The summed E-state index contributed by atoms with van der Waals surface area (Å²) in [6, 6.07) is 2.12.